The molecule has 4 N–H and O–H groups in total. The number of allylic oxidation sites excluding steroid dienone is 1. The molecule has 2 heterocycles. The lowest BCUT2D eigenvalue weighted by atomic mass is 10.1. The van der Waals surface area contributed by atoms with Gasteiger partial charge in [0.25, 0.3) is 0 Å². The van der Waals surface area contributed by atoms with E-state index in [1.807, 2.05) is 6.92 Å². The minimum Gasteiger partial charge on any atom is -0.382 e. The largest absolute Gasteiger partial charge is 0.403 e. The molecule has 4 rings (SSSR count). The highest BCUT2D eigenvalue weighted by atomic mass is 19.4. The van der Waals surface area contributed by atoms with E-state index in [0.29, 0.717) is 23.5 Å². The first-order chi connectivity index (χ1) is 17.6. The summed E-state index contributed by atoms with van der Waals surface area (Å²) in [6.07, 6.45) is -1.48. The third-order valence-electron chi connectivity index (χ3n) is 6.06. The smallest absolute Gasteiger partial charge is 0.382 e. The Balaban J connectivity index is 1.58. The molecule has 1 aliphatic rings. The van der Waals surface area contributed by atoms with Gasteiger partial charge in [0.15, 0.2) is 11.6 Å². The van der Waals surface area contributed by atoms with Gasteiger partial charge in [-0.1, -0.05) is 23.4 Å². The fourth-order valence-corrected chi connectivity index (χ4v) is 3.70. The number of aromatic nitrogens is 3. The van der Waals surface area contributed by atoms with Crippen molar-refractivity contribution in [1.82, 2.24) is 20.0 Å². The SMILES string of the molecule is CCN(Cc1ccccc1F)/C(=C\C(=N)c1ncc(NC(=O)C2(C(F)(F)F)CC2)c(N)n1)c1ccon1. The van der Waals surface area contributed by atoms with Crippen molar-refractivity contribution in [1.29, 1.82) is 5.41 Å². The standard InChI is InChI=1S/C24H23F4N7O2/c1-2-35(13-14-5-3-4-6-15(14)25)19(17-7-10-37-34-17)11-16(29)21-31-12-18(20(30)33-21)32-22(36)23(8-9-23)24(26,27)28/h3-7,10-12,29H,2,8-9,13H2,1H3,(H,32,36)(H2,30,31,33)/b19-11-,29-16?. The molecule has 0 radical (unpaired) electrons. The van der Waals surface area contributed by atoms with E-state index in [9.17, 15) is 22.4 Å². The van der Waals surface area contributed by atoms with Crippen LogP contribution in [0.4, 0.5) is 29.1 Å². The van der Waals surface area contributed by atoms with E-state index in [2.05, 4.69) is 20.4 Å². The summed E-state index contributed by atoms with van der Waals surface area (Å²) in [5.74, 6) is -2.05. The Hall–Kier alpha value is -4.29. The first-order valence-corrected chi connectivity index (χ1v) is 11.3. The van der Waals surface area contributed by atoms with Crippen molar-refractivity contribution < 1.29 is 26.9 Å². The first kappa shape index (κ1) is 25.8. The number of nitrogens with two attached hydrogens (primary N) is 1. The van der Waals surface area contributed by atoms with Crippen LogP contribution in [0.3, 0.4) is 0 Å². The van der Waals surface area contributed by atoms with E-state index in [1.54, 1.807) is 29.2 Å². The molecule has 0 unspecified atom stereocenters. The molecular weight excluding hydrogens is 494 g/mol. The molecule has 13 heteroatoms. The lowest BCUT2D eigenvalue weighted by Crippen LogP contribution is -2.37. The zero-order valence-corrected chi connectivity index (χ0v) is 19.6. The lowest BCUT2D eigenvalue weighted by Gasteiger charge is -2.25. The molecule has 0 bridgehead atoms. The molecule has 0 spiro atoms. The monoisotopic (exact) mass is 517 g/mol. The van der Waals surface area contributed by atoms with Gasteiger partial charge in [0.2, 0.25) is 5.91 Å². The maximum Gasteiger partial charge on any atom is 0.403 e. The van der Waals surface area contributed by atoms with Gasteiger partial charge in [-0.25, -0.2) is 14.4 Å². The summed E-state index contributed by atoms with van der Waals surface area (Å²) >= 11 is 0. The molecule has 1 amide bonds. The van der Waals surface area contributed by atoms with Crippen LogP contribution in [0.2, 0.25) is 0 Å². The van der Waals surface area contributed by atoms with Crippen LogP contribution in [0.5, 0.6) is 0 Å². The Morgan fingerprint density at radius 1 is 1.30 bits per heavy atom. The van der Waals surface area contributed by atoms with E-state index in [4.69, 9.17) is 15.7 Å². The van der Waals surface area contributed by atoms with Crippen LogP contribution in [0.15, 0.2) is 53.4 Å². The van der Waals surface area contributed by atoms with Gasteiger partial charge in [0.05, 0.1) is 11.9 Å². The fraction of sp³-hybridized carbons (Fsp3) is 0.292. The van der Waals surface area contributed by atoms with Crippen molar-refractivity contribution in [2.24, 2.45) is 5.41 Å². The van der Waals surface area contributed by atoms with Gasteiger partial charge < -0.3 is 20.5 Å². The Bertz CT molecular complexity index is 1340. The highest BCUT2D eigenvalue weighted by Gasteiger charge is 2.68. The van der Waals surface area contributed by atoms with Crippen LogP contribution in [-0.4, -0.2) is 44.4 Å². The van der Waals surface area contributed by atoms with E-state index in [0.717, 1.165) is 6.20 Å². The Labute approximate surface area is 208 Å². The molecule has 3 aromatic rings. The number of hydrogen-bond donors (Lipinski definition) is 3. The summed E-state index contributed by atoms with van der Waals surface area (Å²) < 4.78 is 58.9. The number of benzene rings is 1. The predicted molar refractivity (Wildman–Crippen MR) is 127 cm³/mol. The second kappa shape index (κ2) is 9.99. The minimum absolute atomic E-state index is 0.143. The number of carbonyl (C=O) groups excluding carboxylic acids is 1. The highest BCUT2D eigenvalue weighted by molar-refractivity contribution is 6.08. The number of nitrogens with one attached hydrogen (secondary N) is 2. The van der Waals surface area contributed by atoms with Crippen LogP contribution in [-0.2, 0) is 11.3 Å². The third kappa shape index (κ3) is 5.29. The van der Waals surface area contributed by atoms with Gasteiger partial charge >= 0.3 is 6.18 Å². The van der Waals surface area contributed by atoms with E-state index >= 15 is 0 Å². The average molecular weight is 517 g/mol. The van der Waals surface area contributed by atoms with Crippen LogP contribution >= 0.6 is 0 Å². The number of carbonyl (C=O) groups is 1. The summed E-state index contributed by atoms with van der Waals surface area (Å²) in [6, 6.07) is 7.86. The van der Waals surface area contributed by atoms with Crippen molar-refractivity contribution in [3.63, 3.8) is 0 Å². The Morgan fingerprint density at radius 3 is 2.59 bits per heavy atom. The zero-order chi connectivity index (χ0) is 26.8. The third-order valence-corrected chi connectivity index (χ3v) is 6.06. The van der Waals surface area contributed by atoms with E-state index in [-0.39, 0.29) is 48.2 Å². The van der Waals surface area contributed by atoms with Crippen molar-refractivity contribution in [2.45, 2.75) is 32.5 Å². The topological polar surface area (TPSA) is 134 Å². The van der Waals surface area contributed by atoms with Gasteiger partial charge in [-0.05, 0) is 31.9 Å². The number of nitrogen functional groups attached to an aromatic ring is 1. The van der Waals surface area contributed by atoms with Crippen LogP contribution in [0, 0.1) is 16.6 Å². The molecule has 1 aromatic carbocycles. The van der Waals surface area contributed by atoms with E-state index < -0.39 is 17.5 Å². The number of nitrogens with zero attached hydrogens (tertiary/aromatic N) is 4. The molecule has 194 valence electrons. The number of hydrogen-bond acceptors (Lipinski definition) is 8. The molecule has 0 aliphatic heterocycles. The molecule has 2 aromatic heterocycles. The summed E-state index contributed by atoms with van der Waals surface area (Å²) in [5.41, 5.74) is 4.27. The number of halogens is 4. The number of alkyl halides is 3. The fourth-order valence-electron chi connectivity index (χ4n) is 3.70. The lowest BCUT2D eigenvalue weighted by molar-refractivity contribution is -0.189. The maximum atomic E-state index is 14.3. The second-order valence-corrected chi connectivity index (χ2v) is 8.46. The molecular formula is C24H23F4N7O2. The molecule has 37 heavy (non-hydrogen) atoms. The van der Waals surface area contributed by atoms with Crippen molar-refractivity contribution >= 4 is 28.8 Å². The average Bonchev–Trinajstić information content (AvgIpc) is 3.52. The summed E-state index contributed by atoms with van der Waals surface area (Å²) in [4.78, 5) is 22.0. The van der Waals surface area contributed by atoms with Crippen molar-refractivity contribution in [3.05, 3.63) is 71.8 Å². The molecule has 0 atom stereocenters. The highest BCUT2D eigenvalue weighted by Crippen LogP contribution is 2.58. The van der Waals surface area contributed by atoms with Gasteiger partial charge in [0.1, 0.15) is 34.6 Å². The van der Waals surface area contributed by atoms with Crippen LogP contribution in [0.1, 0.15) is 36.8 Å². The molecule has 9 nitrogen and oxygen atoms in total. The molecule has 1 fully saturated rings. The molecule has 1 aliphatic carbocycles. The number of amides is 1. The second-order valence-electron chi connectivity index (χ2n) is 8.46. The normalized spacial score (nSPS) is 14.8. The Morgan fingerprint density at radius 2 is 2.03 bits per heavy atom. The predicted octanol–water partition coefficient (Wildman–Crippen LogP) is 4.40. The molecule has 1 saturated carbocycles. The quantitative estimate of drug-likeness (QED) is 0.283. The summed E-state index contributed by atoms with van der Waals surface area (Å²) in [6.45, 7) is 2.44. The number of anilines is 2. The van der Waals surface area contributed by atoms with Crippen LogP contribution < -0.4 is 11.1 Å². The molecule has 0 saturated heterocycles. The van der Waals surface area contributed by atoms with Crippen molar-refractivity contribution in [2.75, 3.05) is 17.6 Å². The summed E-state index contributed by atoms with van der Waals surface area (Å²) in [5, 5.41) is 14.6. The van der Waals surface area contributed by atoms with Gasteiger partial charge in [0, 0.05) is 24.7 Å². The van der Waals surface area contributed by atoms with Gasteiger partial charge in [-0.15, -0.1) is 0 Å². The zero-order valence-electron chi connectivity index (χ0n) is 19.6. The minimum atomic E-state index is -4.68. The maximum absolute atomic E-state index is 14.3. The summed E-state index contributed by atoms with van der Waals surface area (Å²) in [7, 11) is 0. The van der Waals surface area contributed by atoms with E-state index in [1.165, 1.54) is 18.4 Å². The van der Waals surface area contributed by atoms with Gasteiger partial charge in [-0.2, -0.15) is 13.2 Å². The van der Waals surface area contributed by atoms with Crippen molar-refractivity contribution in [3.8, 4) is 0 Å². The Kier molecular flexibility index (Phi) is 6.96. The van der Waals surface area contributed by atoms with Crippen LogP contribution in [0.25, 0.3) is 5.70 Å². The van der Waals surface area contributed by atoms with Gasteiger partial charge in [-0.3, -0.25) is 10.2 Å². The first-order valence-electron chi connectivity index (χ1n) is 11.3. The number of rotatable bonds is 9.